The second-order valence-corrected chi connectivity index (χ2v) is 10.00. The molecule has 2 aromatic heterocycles. The minimum Gasteiger partial charge on any atom is -0.416 e. The molecule has 3 aromatic carbocycles. The normalized spacial score (nSPS) is 19.1. The van der Waals surface area contributed by atoms with Crippen LogP contribution in [0.2, 0.25) is 0 Å². The number of carbonyl (C=O) groups is 2. The van der Waals surface area contributed by atoms with Gasteiger partial charge in [0.2, 0.25) is 5.89 Å². The molecule has 0 bridgehead atoms. The van der Waals surface area contributed by atoms with Gasteiger partial charge in [-0.2, -0.15) is 0 Å². The van der Waals surface area contributed by atoms with Gasteiger partial charge in [-0.15, -0.1) is 21.5 Å². The molecule has 6 rings (SSSR count). The van der Waals surface area contributed by atoms with Gasteiger partial charge in [0.05, 0.1) is 16.8 Å². The number of amides is 1. The predicted octanol–water partition coefficient (Wildman–Crippen LogP) is 3.99. The fourth-order valence-corrected chi connectivity index (χ4v) is 5.24. The highest BCUT2D eigenvalue weighted by molar-refractivity contribution is 7.20. The van der Waals surface area contributed by atoms with E-state index in [0.717, 1.165) is 21.4 Å². The average molecular weight is 560 g/mol. The molecular weight excluding hydrogens is 537 g/mol. The summed E-state index contributed by atoms with van der Waals surface area (Å²) >= 11 is 1.18. The number of thiazole rings is 1. The van der Waals surface area contributed by atoms with Crippen molar-refractivity contribution in [2.75, 3.05) is 7.11 Å². The van der Waals surface area contributed by atoms with Gasteiger partial charge in [0.1, 0.15) is 11.9 Å². The van der Waals surface area contributed by atoms with Gasteiger partial charge in [0.25, 0.3) is 17.6 Å². The molecule has 202 valence electrons. The van der Waals surface area contributed by atoms with Gasteiger partial charge in [-0.25, -0.2) is 9.37 Å². The van der Waals surface area contributed by atoms with Crippen molar-refractivity contribution in [2.45, 2.75) is 25.1 Å². The predicted molar refractivity (Wildman–Crippen MR) is 143 cm³/mol. The molecule has 10 nitrogen and oxygen atoms in total. The molecule has 0 aliphatic carbocycles. The lowest BCUT2D eigenvalue weighted by Gasteiger charge is -2.34. The van der Waals surface area contributed by atoms with Crippen LogP contribution in [0.4, 0.5) is 4.39 Å². The van der Waals surface area contributed by atoms with Crippen molar-refractivity contribution in [3.63, 3.8) is 0 Å². The van der Waals surface area contributed by atoms with E-state index in [1.54, 1.807) is 18.2 Å². The number of hydrogen-bond acceptors (Lipinski definition) is 10. The Balaban J connectivity index is 1.24. The molecular formula is C28H22FN5O5S. The number of aromatic nitrogens is 3. The van der Waals surface area contributed by atoms with E-state index in [1.807, 2.05) is 42.5 Å². The van der Waals surface area contributed by atoms with Crippen molar-refractivity contribution in [1.82, 2.24) is 25.8 Å². The van der Waals surface area contributed by atoms with Crippen molar-refractivity contribution >= 4 is 33.2 Å². The Labute approximate surface area is 231 Å². The van der Waals surface area contributed by atoms with E-state index in [-0.39, 0.29) is 29.2 Å². The first-order valence-corrected chi connectivity index (χ1v) is 13.1. The highest BCUT2D eigenvalue weighted by Gasteiger charge is 2.41. The van der Waals surface area contributed by atoms with Crippen LogP contribution >= 0.6 is 11.3 Å². The molecule has 3 atom stereocenters. The lowest BCUT2D eigenvalue weighted by molar-refractivity contribution is -0.150. The number of halogens is 1. The van der Waals surface area contributed by atoms with Crippen LogP contribution in [0.1, 0.15) is 33.2 Å². The maximum Gasteiger partial charge on any atom is 0.291 e. The van der Waals surface area contributed by atoms with Crippen LogP contribution in [0.25, 0.3) is 21.3 Å². The molecule has 12 heteroatoms. The van der Waals surface area contributed by atoms with Gasteiger partial charge in [0.15, 0.2) is 17.5 Å². The van der Waals surface area contributed by atoms with Crippen LogP contribution in [-0.2, 0) is 20.9 Å². The Morgan fingerprint density at radius 2 is 1.82 bits per heavy atom. The molecule has 0 spiro atoms. The lowest BCUT2D eigenvalue weighted by Crippen LogP contribution is -2.61. The number of hydrogen-bond donors (Lipinski definition) is 2. The van der Waals surface area contributed by atoms with Crippen molar-refractivity contribution in [2.24, 2.45) is 0 Å². The summed E-state index contributed by atoms with van der Waals surface area (Å²) in [5, 5.41) is 13.9. The third-order valence-electron chi connectivity index (χ3n) is 6.33. The minimum atomic E-state index is -1.03. The maximum absolute atomic E-state index is 13.3. The monoisotopic (exact) mass is 559 g/mol. The molecule has 2 N–H and O–H groups in total. The molecule has 0 radical (unpaired) electrons. The topological polar surface area (TPSA) is 128 Å². The van der Waals surface area contributed by atoms with Gasteiger partial charge in [-0.05, 0) is 41.0 Å². The zero-order chi connectivity index (χ0) is 27.6. The number of fused-ring (bicyclic) bond motifs is 1. The third-order valence-corrected chi connectivity index (χ3v) is 7.35. The summed E-state index contributed by atoms with van der Waals surface area (Å²) in [5.74, 6) is -1.56. The Morgan fingerprint density at radius 3 is 2.60 bits per heavy atom. The van der Waals surface area contributed by atoms with Crippen molar-refractivity contribution < 1.29 is 27.9 Å². The van der Waals surface area contributed by atoms with Crippen LogP contribution in [0.5, 0.6) is 0 Å². The fraction of sp³-hybridized carbons (Fsp3) is 0.179. The zero-order valence-corrected chi connectivity index (χ0v) is 21.9. The van der Waals surface area contributed by atoms with Gasteiger partial charge in [-0.3, -0.25) is 14.9 Å². The Morgan fingerprint density at radius 1 is 1.05 bits per heavy atom. The van der Waals surface area contributed by atoms with Crippen LogP contribution in [0.15, 0.2) is 77.2 Å². The second-order valence-electron chi connectivity index (χ2n) is 8.97. The summed E-state index contributed by atoms with van der Waals surface area (Å²) in [6.45, 7) is 0.167. The molecule has 1 fully saturated rings. The highest BCUT2D eigenvalue weighted by atomic mass is 32.1. The first-order valence-electron chi connectivity index (χ1n) is 12.3. The number of benzene rings is 3. The smallest absolute Gasteiger partial charge is 0.291 e. The number of rotatable bonds is 8. The van der Waals surface area contributed by atoms with E-state index in [9.17, 15) is 14.0 Å². The Kier molecular flexibility index (Phi) is 7.13. The standard InChI is InChI=1S/C28H22FN5O5S/c1-37-28-31-21(23(24(36)32-28)38-14-15-5-3-2-4-6-15)25-33-34-26(39-25)22(35)27-30-19-12-9-17(13-20(19)40-27)16-7-10-18(29)11-8-16/h2-13,21,23,28,31H,14H2,1H3,(H,32,36). The molecule has 1 saturated heterocycles. The lowest BCUT2D eigenvalue weighted by atomic mass is 10.1. The van der Waals surface area contributed by atoms with Crippen LogP contribution in [0.3, 0.4) is 0 Å². The summed E-state index contributed by atoms with van der Waals surface area (Å²) in [5.41, 5.74) is 3.21. The third kappa shape index (κ3) is 5.25. The quantitative estimate of drug-likeness (QED) is 0.271. The minimum absolute atomic E-state index is 0.00183. The van der Waals surface area contributed by atoms with Crippen LogP contribution in [0, 0.1) is 5.82 Å². The van der Waals surface area contributed by atoms with Gasteiger partial charge in [-0.1, -0.05) is 48.5 Å². The first-order chi connectivity index (χ1) is 19.5. The number of ketones is 1. The van der Waals surface area contributed by atoms with E-state index in [4.69, 9.17) is 13.9 Å². The van der Waals surface area contributed by atoms with Gasteiger partial charge < -0.3 is 19.2 Å². The van der Waals surface area contributed by atoms with E-state index in [2.05, 4.69) is 25.8 Å². The largest absolute Gasteiger partial charge is 0.416 e. The summed E-state index contributed by atoms with van der Waals surface area (Å²) in [4.78, 5) is 30.5. The number of carbonyl (C=O) groups excluding carboxylic acids is 2. The van der Waals surface area contributed by atoms with Gasteiger partial charge in [0, 0.05) is 7.11 Å². The Hall–Kier alpha value is -4.36. The molecule has 3 heterocycles. The molecule has 3 unspecified atom stereocenters. The van der Waals surface area contributed by atoms with Crippen molar-refractivity contribution in [3.05, 3.63) is 101 Å². The summed E-state index contributed by atoms with van der Waals surface area (Å²) in [6, 6.07) is 20.2. The first kappa shape index (κ1) is 25.9. The van der Waals surface area contributed by atoms with Crippen molar-refractivity contribution in [1.29, 1.82) is 0 Å². The number of nitrogens with one attached hydrogen (secondary N) is 2. The zero-order valence-electron chi connectivity index (χ0n) is 21.0. The maximum atomic E-state index is 13.3. The molecule has 0 saturated carbocycles. The van der Waals surface area contributed by atoms with Crippen LogP contribution in [-0.4, -0.2) is 46.4 Å². The molecule has 1 aliphatic rings. The average Bonchev–Trinajstić information content (AvgIpc) is 3.64. The van der Waals surface area contributed by atoms with E-state index < -0.39 is 30.2 Å². The van der Waals surface area contributed by atoms with E-state index >= 15 is 0 Å². The molecule has 1 aliphatic heterocycles. The molecule has 1 amide bonds. The number of nitrogens with zero attached hydrogens (tertiary/aromatic N) is 3. The summed E-state index contributed by atoms with van der Waals surface area (Å²) in [7, 11) is 1.43. The second kappa shape index (κ2) is 11.0. The fourth-order valence-electron chi connectivity index (χ4n) is 4.30. The number of ether oxygens (including phenoxy) is 2. The highest BCUT2D eigenvalue weighted by Crippen LogP contribution is 2.30. The van der Waals surface area contributed by atoms with Crippen LogP contribution < -0.4 is 10.6 Å². The number of methoxy groups -OCH3 is 1. The van der Waals surface area contributed by atoms with Crippen molar-refractivity contribution in [3.8, 4) is 11.1 Å². The van der Waals surface area contributed by atoms with E-state index in [0.29, 0.717) is 5.52 Å². The molecule has 40 heavy (non-hydrogen) atoms. The van der Waals surface area contributed by atoms with Gasteiger partial charge >= 0.3 is 0 Å². The summed E-state index contributed by atoms with van der Waals surface area (Å²) in [6.07, 6.45) is -1.85. The molecule has 5 aromatic rings. The Bertz CT molecular complexity index is 1670. The summed E-state index contributed by atoms with van der Waals surface area (Å²) < 4.78 is 31.0. The SMILES string of the molecule is COC1NC(=O)C(OCc2ccccc2)C(c2nnc(C(=O)c3nc4ccc(-c5ccc(F)cc5)cc4s3)o2)N1. The van der Waals surface area contributed by atoms with E-state index in [1.165, 1.54) is 30.6 Å².